The highest BCUT2D eigenvalue weighted by Crippen LogP contribution is 2.27. The van der Waals surface area contributed by atoms with E-state index in [1.165, 1.54) is 11.8 Å². The van der Waals surface area contributed by atoms with E-state index in [0.29, 0.717) is 22.5 Å². The van der Waals surface area contributed by atoms with Gasteiger partial charge in [-0.1, -0.05) is 55.9 Å². The number of hydrogen-bond donors (Lipinski definition) is 1. The fraction of sp³-hybridized carbons (Fsp3) is 0.318. The van der Waals surface area contributed by atoms with Gasteiger partial charge in [-0.15, -0.1) is 0 Å². The lowest BCUT2D eigenvalue weighted by Gasteiger charge is -2.17. The van der Waals surface area contributed by atoms with Crippen molar-refractivity contribution in [3.8, 4) is 0 Å². The first-order chi connectivity index (χ1) is 13.9. The van der Waals surface area contributed by atoms with Gasteiger partial charge in [0.05, 0.1) is 5.56 Å². The lowest BCUT2D eigenvalue weighted by molar-refractivity contribution is -0.125. The van der Waals surface area contributed by atoms with Crippen LogP contribution in [0.3, 0.4) is 0 Å². The average Bonchev–Trinajstić information content (AvgIpc) is 3.13. The molecule has 1 amide bonds. The summed E-state index contributed by atoms with van der Waals surface area (Å²) in [5.74, 6) is -0.0300. The molecule has 6 nitrogen and oxygen atoms in total. The Morgan fingerprint density at radius 3 is 2.59 bits per heavy atom. The number of ether oxygens (including phenoxy) is 1. The minimum atomic E-state index is -0.522. The maximum Gasteiger partial charge on any atom is 0.338 e. The van der Waals surface area contributed by atoms with Crippen molar-refractivity contribution in [1.82, 2.24) is 10.3 Å². The second kappa shape index (κ2) is 9.60. The van der Waals surface area contributed by atoms with Gasteiger partial charge in [-0.3, -0.25) is 4.79 Å². The molecule has 0 aliphatic carbocycles. The number of carbonyl (C=O) groups is 2. The second-order valence-corrected chi connectivity index (χ2v) is 8.00. The van der Waals surface area contributed by atoms with E-state index in [1.54, 1.807) is 12.1 Å². The number of amides is 1. The number of esters is 1. The molecule has 0 saturated carbocycles. The minimum Gasteiger partial charge on any atom is -0.452 e. The van der Waals surface area contributed by atoms with Crippen LogP contribution in [0.5, 0.6) is 0 Å². The molecule has 0 saturated heterocycles. The number of aromatic nitrogens is 1. The van der Waals surface area contributed by atoms with E-state index >= 15 is 0 Å². The molecule has 3 rings (SSSR count). The first kappa shape index (κ1) is 20.9. The summed E-state index contributed by atoms with van der Waals surface area (Å²) in [5.41, 5.74) is 2.75. The average molecular weight is 413 g/mol. The summed E-state index contributed by atoms with van der Waals surface area (Å²) in [6.45, 7) is 5.65. The summed E-state index contributed by atoms with van der Waals surface area (Å²) in [5, 5.41) is 3.36. The number of carbonyl (C=O) groups excluding carboxylic acids is 2. The normalized spacial score (nSPS) is 12.1. The van der Waals surface area contributed by atoms with Gasteiger partial charge < -0.3 is 14.5 Å². The van der Waals surface area contributed by atoms with E-state index in [0.717, 1.165) is 16.7 Å². The summed E-state index contributed by atoms with van der Waals surface area (Å²) in [6, 6.07) is 14.7. The van der Waals surface area contributed by atoms with Gasteiger partial charge in [-0.2, -0.15) is 0 Å². The summed E-state index contributed by atoms with van der Waals surface area (Å²) < 4.78 is 10.9. The molecular weight excluding hydrogens is 388 g/mol. The van der Waals surface area contributed by atoms with E-state index < -0.39 is 5.97 Å². The predicted octanol–water partition coefficient (Wildman–Crippen LogP) is 4.44. The molecule has 0 radical (unpaired) electrons. The Kier molecular flexibility index (Phi) is 6.93. The molecule has 1 atom stereocenters. The van der Waals surface area contributed by atoms with Crippen molar-refractivity contribution in [1.29, 1.82) is 0 Å². The van der Waals surface area contributed by atoms with Gasteiger partial charge in [-0.25, -0.2) is 9.78 Å². The molecule has 0 fully saturated rings. The monoisotopic (exact) mass is 412 g/mol. The molecule has 3 aromatic rings. The zero-order valence-corrected chi connectivity index (χ0v) is 17.5. The molecule has 152 valence electrons. The van der Waals surface area contributed by atoms with Crippen molar-refractivity contribution in [3.63, 3.8) is 0 Å². The van der Waals surface area contributed by atoms with Gasteiger partial charge in [-0.05, 0) is 36.6 Å². The summed E-state index contributed by atoms with van der Waals surface area (Å²) in [7, 11) is 0. The van der Waals surface area contributed by atoms with Crippen molar-refractivity contribution in [2.24, 2.45) is 5.92 Å². The van der Waals surface area contributed by atoms with Crippen LogP contribution in [0, 0.1) is 5.92 Å². The Morgan fingerprint density at radius 2 is 1.83 bits per heavy atom. The first-order valence-electron chi connectivity index (χ1n) is 9.47. The maximum atomic E-state index is 12.5. The molecule has 1 aromatic heterocycles. The second-order valence-electron chi connectivity index (χ2n) is 7.07. The van der Waals surface area contributed by atoms with E-state index in [2.05, 4.69) is 10.3 Å². The predicted molar refractivity (Wildman–Crippen MR) is 113 cm³/mol. The number of oxazole rings is 1. The molecule has 0 aliphatic rings. The smallest absolute Gasteiger partial charge is 0.338 e. The summed E-state index contributed by atoms with van der Waals surface area (Å²) in [6.07, 6.45) is 0. The molecule has 2 aromatic carbocycles. The first-order valence-corrected chi connectivity index (χ1v) is 10.5. The van der Waals surface area contributed by atoms with E-state index in [9.17, 15) is 9.59 Å². The van der Waals surface area contributed by atoms with Gasteiger partial charge in [0.2, 0.25) is 0 Å². The number of fused-ring (bicyclic) bond motifs is 1. The van der Waals surface area contributed by atoms with Crippen molar-refractivity contribution in [2.75, 3.05) is 6.61 Å². The number of rotatable bonds is 8. The Balaban J connectivity index is 1.60. The van der Waals surface area contributed by atoms with Crippen molar-refractivity contribution >= 4 is 34.7 Å². The zero-order valence-electron chi connectivity index (χ0n) is 16.7. The molecule has 7 heteroatoms. The van der Waals surface area contributed by atoms with Gasteiger partial charge in [0.25, 0.3) is 11.1 Å². The molecule has 29 heavy (non-hydrogen) atoms. The molecule has 0 unspecified atom stereocenters. The van der Waals surface area contributed by atoms with E-state index in [4.69, 9.17) is 9.15 Å². The Labute approximate surface area is 174 Å². The number of thioether (sulfide) groups is 1. The van der Waals surface area contributed by atoms with Crippen LogP contribution >= 0.6 is 11.8 Å². The zero-order chi connectivity index (χ0) is 20.8. The molecular formula is C22H24N2O4S. The number of nitrogens with one attached hydrogen (secondary N) is 1. The molecule has 0 bridgehead atoms. The quantitative estimate of drug-likeness (QED) is 0.435. The topological polar surface area (TPSA) is 81.4 Å². The van der Waals surface area contributed by atoms with Gasteiger partial charge in [0.1, 0.15) is 5.52 Å². The van der Waals surface area contributed by atoms with Gasteiger partial charge in [0, 0.05) is 11.8 Å². The molecule has 1 heterocycles. The number of para-hydroxylation sites is 2. The molecule has 0 aliphatic heterocycles. The lowest BCUT2D eigenvalue weighted by Crippen LogP contribution is -2.38. The van der Waals surface area contributed by atoms with Gasteiger partial charge >= 0.3 is 5.97 Å². The van der Waals surface area contributed by atoms with Crippen LogP contribution in [0.25, 0.3) is 11.1 Å². The van der Waals surface area contributed by atoms with Crippen molar-refractivity contribution in [3.05, 3.63) is 59.7 Å². The standard InChI is InChI=1S/C22H24N2O4S/c1-14(2)15(3)23-20(25)12-27-21(26)17-9-5-4-8-16(17)13-29-22-24-18-10-6-7-11-19(18)28-22/h4-11,14-15H,12-13H2,1-3H3,(H,23,25)/t15-/m0/s1. The van der Waals surface area contributed by atoms with Crippen LogP contribution in [-0.4, -0.2) is 29.5 Å². The number of hydrogen-bond acceptors (Lipinski definition) is 6. The van der Waals surface area contributed by atoms with Gasteiger partial charge in [0.15, 0.2) is 12.2 Å². The third-order valence-corrected chi connectivity index (χ3v) is 5.46. The molecule has 0 spiro atoms. The highest BCUT2D eigenvalue weighted by molar-refractivity contribution is 7.98. The summed E-state index contributed by atoms with van der Waals surface area (Å²) in [4.78, 5) is 28.9. The third kappa shape index (κ3) is 5.60. The Hall–Kier alpha value is -2.80. The largest absolute Gasteiger partial charge is 0.452 e. The van der Waals surface area contributed by atoms with Crippen LogP contribution < -0.4 is 5.32 Å². The fourth-order valence-corrected chi connectivity index (χ4v) is 3.41. The van der Waals surface area contributed by atoms with Crippen LogP contribution in [0.2, 0.25) is 0 Å². The highest BCUT2D eigenvalue weighted by atomic mass is 32.2. The summed E-state index contributed by atoms with van der Waals surface area (Å²) >= 11 is 1.40. The fourth-order valence-electron chi connectivity index (χ4n) is 2.57. The third-order valence-electron chi connectivity index (χ3n) is 4.59. The van der Waals surface area contributed by atoms with Crippen LogP contribution in [0.15, 0.2) is 58.2 Å². The van der Waals surface area contributed by atoms with Crippen LogP contribution in [0.1, 0.15) is 36.7 Å². The van der Waals surface area contributed by atoms with E-state index in [-0.39, 0.29) is 18.6 Å². The van der Waals surface area contributed by atoms with E-state index in [1.807, 2.05) is 57.2 Å². The SMILES string of the molecule is CC(C)[C@H](C)NC(=O)COC(=O)c1ccccc1CSc1nc2ccccc2o1. The lowest BCUT2D eigenvalue weighted by atomic mass is 10.1. The Morgan fingerprint density at radius 1 is 1.10 bits per heavy atom. The highest BCUT2D eigenvalue weighted by Gasteiger charge is 2.17. The minimum absolute atomic E-state index is 0.0150. The van der Waals surface area contributed by atoms with Crippen molar-refractivity contribution < 1.29 is 18.7 Å². The van der Waals surface area contributed by atoms with Crippen LogP contribution in [0.4, 0.5) is 0 Å². The van der Waals surface area contributed by atoms with Crippen LogP contribution in [-0.2, 0) is 15.3 Å². The number of benzene rings is 2. The van der Waals surface area contributed by atoms with Crippen molar-refractivity contribution in [2.45, 2.75) is 37.8 Å². The number of nitrogens with zero attached hydrogens (tertiary/aromatic N) is 1. The maximum absolute atomic E-state index is 12.5. The Bertz CT molecular complexity index is 966. The molecule has 1 N–H and O–H groups in total.